The zero-order valence-electron chi connectivity index (χ0n) is 11.7. The lowest BCUT2D eigenvalue weighted by molar-refractivity contribution is 0.0589. The maximum atomic E-state index is 12.1. The molecule has 0 fully saturated rings. The predicted molar refractivity (Wildman–Crippen MR) is 80.4 cm³/mol. The number of carbonyl (C=O) groups is 1. The fraction of sp³-hybridized carbons (Fsp3) is 0.214. The summed E-state index contributed by atoms with van der Waals surface area (Å²) >= 11 is 3.41. The molecular formula is C14H13BrN2O4. The topological polar surface area (TPSA) is 81.4 Å². The molecule has 0 saturated carbocycles. The number of hydrogen-bond donors (Lipinski definition) is 1. The number of rotatable bonds is 2. The number of aromatic hydroxyl groups is 1. The van der Waals surface area contributed by atoms with Crippen LogP contribution in [0.2, 0.25) is 0 Å². The van der Waals surface area contributed by atoms with Crippen LogP contribution in [0.4, 0.5) is 0 Å². The fourth-order valence-electron chi connectivity index (χ4n) is 1.92. The molecule has 0 aliphatic rings. The van der Waals surface area contributed by atoms with Crippen molar-refractivity contribution in [2.24, 2.45) is 7.05 Å². The molecule has 0 atom stereocenters. The zero-order valence-corrected chi connectivity index (χ0v) is 13.3. The van der Waals surface area contributed by atoms with E-state index in [1.54, 1.807) is 12.1 Å². The second kappa shape index (κ2) is 5.69. The van der Waals surface area contributed by atoms with Gasteiger partial charge in [-0.1, -0.05) is 28.1 Å². The Morgan fingerprint density at radius 2 is 2.10 bits per heavy atom. The van der Waals surface area contributed by atoms with Gasteiger partial charge in [-0.15, -0.1) is 0 Å². The number of aromatic nitrogens is 2. The molecule has 0 bridgehead atoms. The molecule has 0 aliphatic carbocycles. The van der Waals surface area contributed by atoms with Crippen molar-refractivity contribution in [3.05, 3.63) is 44.3 Å². The van der Waals surface area contributed by atoms with E-state index in [0.717, 1.165) is 17.1 Å². The summed E-state index contributed by atoms with van der Waals surface area (Å²) in [5.74, 6) is -1.31. The highest BCUT2D eigenvalue weighted by Crippen LogP contribution is 2.27. The highest BCUT2D eigenvalue weighted by molar-refractivity contribution is 9.10. The molecule has 1 aromatic carbocycles. The molecular weight excluding hydrogens is 340 g/mol. The van der Waals surface area contributed by atoms with Gasteiger partial charge in [-0.05, 0) is 18.6 Å². The predicted octanol–water partition coefficient (Wildman–Crippen LogP) is 2.01. The van der Waals surface area contributed by atoms with E-state index in [2.05, 4.69) is 25.7 Å². The van der Waals surface area contributed by atoms with Crippen LogP contribution in [0.15, 0.2) is 27.5 Å². The lowest BCUT2D eigenvalue weighted by Crippen LogP contribution is -2.23. The second-order valence-electron chi connectivity index (χ2n) is 4.40. The largest absolute Gasteiger partial charge is 0.501 e. The van der Waals surface area contributed by atoms with Gasteiger partial charge < -0.3 is 9.84 Å². The number of ether oxygens (including phenoxy) is 1. The van der Waals surface area contributed by atoms with E-state index in [0.29, 0.717) is 5.56 Å². The van der Waals surface area contributed by atoms with Crippen LogP contribution in [0.1, 0.15) is 16.1 Å². The summed E-state index contributed by atoms with van der Waals surface area (Å²) in [4.78, 5) is 27.8. The highest BCUT2D eigenvalue weighted by Gasteiger charge is 2.22. The number of halogens is 1. The van der Waals surface area contributed by atoms with Crippen molar-refractivity contribution < 1.29 is 14.6 Å². The van der Waals surface area contributed by atoms with Gasteiger partial charge in [0.25, 0.3) is 5.56 Å². The fourth-order valence-corrected chi connectivity index (χ4v) is 2.29. The van der Waals surface area contributed by atoms with Crippen LogP contribution in [0, 0.1) is 6.92 Å². The standard InChI is InChI=1S/C14H13BrN2O4/c1-7-8(5-4-6-9(7)15)12-16-10(14(20)21-3)11(18)13(19)17(12)2/h4-6,18H,1-3H3. The Balaban J connectivity index is 2.81. The summed E-state index contributed by atoms with van der Waals surface area (Å²) in [5.41, 5.74) is 0.436. The number of methoxy groups -OCH3 is 1. The molecule has 2 aromatic rings. The first-order valence-corrected chi connectivity index (χ1v) is 6.81. The Kier molecular flexibility index (Phi) is 4.13. The monoisotopic (exact) mass is 352 g/mol. The van der Waals surface area contributed by atoms with Gasteiger partial charge >= 0.3 is 5.97 Å². The van der Waals surface area contributed by atoms with Crippen molar-refractivity contribution in [2.45, 2.75) is 6.92 Å². The third kappa shape index (κ3) is 2.56. The van der Waals surface area contributed by atoms with Gasteiger partial charge in [0.2, 0.25) is 5.75 Å². The minimum absolute atomic E-state index is 0.275. The maximum Gasteiger partial charge on any atom is 0.360 e. The average Bonchev–Trinajstić information content (AvgIpc) is 2.48. The van der Waals surface area contributed by atoms with Gasteiger partial charge in [0, 0.05) is 17.1 Å². The Bertz CT molecular complexity index is 783. The van der Waals surface area contributed by atoms with Gasteiger partial charge in [-0.25, -0.2) is 9.78 Å². The van der Waals surface area contributed by atoms with E-state index in [1.807, 2.05) is 13.0 Å². The van der Waals surface area contributed by atoms with Crippen LogP contribution in [0.3, 0.4) is 0 Å². The summed E-state index contributed by atoms with van der Waals surface area (Å²) in [6.07, 6.45) is 0. The van der Waals surface area contributed by atoms with Crippen molar-refractivity contribution in [2.75, 3.05) is 7.11 Å². The van der Waals surface area contributed by atoms with E-state index < -0.39 is 23.0 Å². The van der Waals surface area contributed by atoms with Crippen LogP contribution >= 0.6 is 15.9 Å². The van der Waals surface area contributed by atoms with E-state index in [-0.39, 0.29) is 5.82 Å². The number of hydrogen-bond acceptors (Lipinski definition) is 5. The smallest absolute Gasteiger partial charge is 0.360 e. The molecule has 110 valence electrons. The Morgan fingerprint density at radius 3 is 2.71 bits per heavy atom. The number of nitrogens with zero attached hydrogens (tertiary/aromatic N) is 2. The number of benzene rings is 1. The van der Waals surface area contributed by atoms with Crippen LogP contribution in [-0.2, 0) is 11.8 Å². The lowest BCUT2D eigenvalue weighted by Gasteiger charge is -2.13. The van der Waals surface area contributed by atoms with Crippen molar-refractivity contribution in [3.63, 3.8) is 0 Å². The molecule has 0 aliphatic heterocycles. The molecule has 0 saturated heterocycles. The summed E-state index contributed by atoms with van der Waals surface area (Å²) in [6, 6.07) is 5.43. The molecule has 6 nitrogen and oxygen atoms in total. The quantitative estimate of drug-likeness (QED) is 0.836. The van der Waals surface area contributed by atoms with Crippen molar-refractivity contribution in [1.29, 1.82) is 0 Å². The minimum atomic E-state index is -0.862. The van der Waals surface area contributed by atoms with Gasteiger partial charge in [0.15, 0.2) is 5.69 Å². The first kappa shape index (κ1) is 15.2. The molecule has 1 N–H and O–H groups in total. The van der Waals surface area contributed by atoms with E-state index in [9.17, 15) is 14.7 Å². The molecule has 2 rings (SSSR count). The second-order valence-corrected chi connectivity index (χ2v) is 5.26. The van der Waals surface area contributed by atoms with E-state index in [4.69, 9.17) is 0 Å². The van der Waals surface area contributed by atoms with Gasteiger partial charge in [0.05, 0.1) is 7.11 Å². The van der Waals surface area contributed by atoms with Crippen LogP contribution in [0.5, 0.6) is 5.75 Å². The third-order valence-electron chi connectivity index (χ3n) is 3.15. The van der Waals surface area contributed by atoms with Gasteiger partial charge in [0.1, 0.15) is 5.82 Å². The average molecular weight is 353 g/mol. The normalized spacial score (nSPS) is 10.5. The summed E-state index contributed by atoms with van der Waals surface area (Å²) in [7, 11) is 2.64. The highest BCUT2D eigenvalue weighted by atomic mass is 79.9. The van der Waals surface area contributed by atoms with Gasteiger partial charge in [-0.3, -0.25) is 9.36 Å². The third-order valence-corrected chi connectivity index (χ3v) is 4.01. The summed E-state index contributed by atoms with van der Waals surface area (Å²) < 4.78 is 6.58. The van der Waals surface area contributed by atoms with E-state index >= 15 is 0 Å². The van der Waals surface area contributed by atoms with Crippen molar-refractivity contribution in [3.8, 4) is 17.1 Å². The van der Waals surface area contributed by atoms with E-state index in [1.165, 1.54) is 11.6 Å². The van der Waals surface area contributed by atoms with Crippen molar-refractivity contribution in [1.82, 2.24) is 9.55 Å². The van der Waals surface area contributed by atoms with Crippen LogP contribution < -0.4 is 5.56 Å². The number of carbonyl (C=O) groups excluding carboxylic acids is 1. The summed E-state index contributed by atoms with van der Waals surface area (Å²) in [6.45, 7) is 1.86. The molecule has 1 heterocycles. The molecule has 21 heavy (non-hydrogen) atoms. The van der Waals surface area contributed by atoms with Crippen LogP contribution in [0.25, 0.3) is 11.4 Å². The molecule has 0 spiro atoms. The van der Waals surface area contributed by atoms with Crippen molar-refractivity contribution >= 4 is 21.9 Å². The first-order chi connectivity index (χ1) is 9.88. The Labute approximate surface area is 129 Å². The minimum Gasteiger partial charge on any atom is -0.501 e. The Morgan fingerprint density at radius 1 is 1.43 bits per heavy atom. The maximum absolute atomic E-state index is 12.1. The molecule has 0 radical (unpaired) electrons. The molecule has 0 amide bonds. The molecule has 0 unspecified atom stereocenters. The molecule has 1 aromatic heterocycles. The first-order valence-electron chi connectivity index (χ1n) is 6.02. The summed E-state index contributed by atoms with van der Waals surface area (Å²) in [5, 5.41) is 9.77. The van der Waals surface area contributed by atoms with Gasteiger partial charge in [-0.2, -0.15) is 0 Å². The zero-order chi connectivity index (χ0) is 15.7. The Hall–Kier alpha value is -2.15. The SMILES string of the molecule is COC(=O)c1nc(-c2cccc(Br)c2C)n(C)c(=O)c1O. The lowest BCUT2D eigenvalue weighted by atomic mass is 10.1. The number of esters is 1. The van der Waals surface area contributed by atoms with Crippen LogP contribution in [-0.4, -0.2) is 27.7 Å². The molecule has 7 heteroatoms.